The molecule has 3 fully saturated rings. The lowest BCUT2D eigenvalue weighted by atomic mass is 9.88. The van der Waals surface area contributed by atoms with Crippen LogP contribution in [0.4, 0.5) is 11.4 Å². The molecule has 2 aliphatic heterocycles. The highest BCUT2D eigenvalue weighted by Crippen LogP contribution is 2.32. The van der Waals surface area contributed by atoms with Crippen LogP contribution in [-0.4, -0.2) is 77.6 Å². The molecule has 5 rings (SSSR count). The van der Waals surface area contributed by atoms with E-state index in [0.717, 1.165) is 57.1 Å². The Morgan fingerprint density at radius 2 is 1.81 bits per heavy atom. The lowest BCUT2D eigenvalue weighted by molar-refractivity contribution is -0.140. The highest BCUT2D eigenvalue weighted by molar-refractivity contribution is 6.01. The summed E-state index contributed by atoms with van der Waals surface area (Å²) in [5.74, 6) is -1.57. The summed E-state index contributed by atoms with van der Waals surface area (Å²) in [4.78, 5) is 59.4. The van der Waals surface area contributed by atoms with Crippen molar-refractivity contribution in [3.8, 4) is 0 Å². The van der Waals surface area contributed by atoms with Crippen molar-refractivity contribution in [3.63, 3.8) is 0 Å². The van der Waals surface area contributed by atoms with Gasteiger partial charge in [-0.05, 0) is 61.9 Å². The third-order valence-electron chi connectivity index (χ3n) is 8.62. The first-order valence-electron chi connectivity index (χ1n) is 15.4. The molecule has 3 amide bonds. The number of rotatable bonds is 9. The monoisotopic (exact) mass is 591 g/mol. The van der Waals surface area contributed by atoms with Gasteiger partial charge in [0.15, 0.2) is 0 Å². The quantitative estimate of drug-likeness (QED) is 0.400. The lowest BCUT2D eigenvalue weighted by Crippen LogP contribution is -2.41. The number of aromatic nitrogens is 1. The number of aliphatic carboxylic acids is 1. The summed E-state index contributed by atoms with van der Waals surface area (Å²) in [6, 6.07) is 7.86. The molecule has 1 saturated carbocycles. The SMILES string of the molecule is O=C(O)CC(NC(=O)c1ccc(N2CCCN(C(=O)C3CCCO3)CC2)c(NC(=O)C2CCCCC2)c1)c1cccnc1. The van der Waals surface area contributed by atoms with E-state index in [9.17, 15) is 24.3 Å². The molecule has 2 aromatic rings. The molecule has 3 heterocycles. The second kappa shape index (κ2) is 14.5. The first kappa shape index (κ1) is 30.5. The van der Waals surface area contributed by atoms with Crippen molar-refractivity contribution in [2.45, 2.75) is 69.9 Å². The molecule has 2 saturated heterocycles. The van der Waals surface area contributed by atoms with Crippen LogP contribution in [0.1, 0.15) is 79.8 Å². The molecule has 0 radical (unpaired) electrons. The van der Waals surface area contributed by atoms with Gasteiger partial charge < -0.3 is 30.3 Å². The number of ether oxygens (including phenoxy) is 1. The minimum absolute atomic E-state index is 0.0433. The molecule has 11 heteroatoms. The summed E-state index contributed by atoms with van der Waals surface area (Å²) >= 11 is 0. The predicted molar refractivity (Wildman–Crippen MR) is 161 cm³/mol. The number of carboxylic acid groups (broad SMARTS) is 1. The largest absolute Gasteiger partial charge is 0.481 e. The highest BCUT2D eigenvalue weighted by atomic mass is 16.5. The van der Waals surface area contributed by atoms with Gasteiger partial charge in [-0.25, -0.2) is 0 Å². The third-order valence-corrected chi connectivity index (χ3v) is 8.62. The number of nitrogens with zero attached hydrogens (tertiary/aromatic N) is 3. The van der Waals surface area contributed by atoms with Gasteiger partial charge in [-0.15, -0.1) is 0 Å². The van der Waals surface area contributed by atoms with E-state index in [0.29, 0.717) is 49.6 Å². The van der Waals surface area contributed by atoms with E-state index in [1.807, 2.05) is 11.0 Å². The maximum absolute atomic E-state index is 13.4. The summed E-state index contributed by atoms with van der Waals surface area (Å²) in [6.45, 7) is 3.07. The lowest BCUT2D eigenvalue weighted by Gasteiger charge is -2.28. The Bertz CT molecular complexity index is 1290. The van der Waals surface area contributed by atoms with Crippen LogP contribution in [0.5, 0.6) is 0 Å². The predicted octanol–water partition coefficient (Wildman–Crippen LogP) is 3.76. The van der Waals surface area contributed by atoms with Crippen LogP contribution in [0.2, 0.25) is 0 Å². The second-order valence-corrected chi connectivity index (χ2v) is 11.6. The van der Waals surface area contributed by atoms with Gasteiger partial charge in [0.1, 0.15) is 6.10 Å². The first-order chi connectivity index (χ1) is 20.9. The number of pyridine rings is 1. The number of carbonyl (C=O) groups is 4. The van der Waals surface area contributed by atoms with Gasteiger partial charge in [0.2, 0.25) is 5.91 Å². The summed E-state index contributed by atoms with van der Waals surface area (Å²) < 4.78 is 5.63. The van der Waals surface area contributed by atoms with E-state index in [4.69, 9.17) is 4.74 Å². The zero-order chi connectivity index (χ0) is 30.2. The van der Waals surface area contributed by atoms with Crippen molar-refractivity contribution in [2.24, 2.45) is 5.92 Å². The molecule has 1 aromatic carbocycles. The topological polar surface area (TPSA) is 141 Å². The van der Waals surface area contributed by atoms with Crippen LogP contribution in [0.3, 0.4) is 0 Å². The molecule has 11 nitrogen and oxygen atoms in total. The summed E-state index contributed by atoms with van der Waals surface area (Å²) in [5.41, 5.74) is 2.24. The number of nitrogens with one attached hydrogen (secondary N) is 2. The molecular weight excluding hydrogens is 550 g/mol. The van der Waals surface area contributed by atoms with E-state index in [1.54, 1.807) is 36.7 Å². The van der Waals surface area contributed by atoms with Crippen molar-refractivity contribution in [1.82, 2.24) is 15.2 Å². The van der Waals surface area contributed by atoms with Crippen molar-refractivity contribution in [2.75, 3.05) is 43.0 Å². The number of carboxylic acids is 1. The fourth-order valence-electron chi connectivity index (χ4n) is 6.26. The Morgan fingerprint density at radius 1 is 0.977 bits per heavy atom. The van der Waals surface area contributed by atoms with E-state index >= 15 is 0 Å². The Labute approximate surface area is 252 Å². The minimum Gasteiger partial charge on any atom is -0.481 e. The Kier molecular flexibility index (Phi) is 10.2. The average molecular weight is 592 g/mol. The standard InChI is InChI=1S/C32H41N5O6/c38-29(39)20-25(24-9-4-13-33-21-24)34-31(41)23-11-12-27(26(19-23)35-30(40)22-7-2-1-3-8-22)36-14-6-15-37(17-16-36)32(42)28-10-5-18-43-28/h4,9,11-13,19,21-22,25,28H,1-3,5-8,10,14-18,20H2,(H,34,41)(H,35,40)(H,38,39). The summed E-state index contributed by atoms with van der Waals surface area (Å²) in [5, 5.41) is 15.4. The van der Waals surface area contributed by atoms with Gasteiger partial charge >= 0.3 is 5.97 Å². The van der Waals surface area contributed by atoms with Gasteiger partial charge in [0, 0.05) is 56.7 Å². The van der Waals surface area contributed by atoms with Crippen LogP contribution < -0.4 is 15.5 Å². The molecule has 1 aliphatic carbocycles. The Hall–Kier alpha value is -3.99. The van der Waals surface area contributed by atoms with Gasteiger partial charge in [0.25, 0.3) is 11.8 Å². The van der Waals surface area contributed by atoms with Gasteiger partial charge in [-0.3, -0.25) is 24.2 Å². The molecule has 1 aromatic heterocycles. The van der Waals surface area contributed by atoms with E-state index in [-0.39, 0.29) is 30.3 Å². The fourth-order valence-corrected chi connectivity index (χ4v) is 6.26. The van der Waals surface area contributed by atoms with Crippen LogP contribution in [0, 0.1) is 5.92 Å². The van der Waals surface area contributed by atoms with Gasteiger partial charge in [-0.2, -0.15) is 0 Å². The molecule has 43 heavy (non-hydrogen) atoms. The van der Waals surface area contributed by atoms with Crippen molar-refractivity contribution < 1.29 is 29.0 Å². The number of hydrogen-bond acceptors (Lipinski definition) is 7. The summed E-state index contributed by atoms with van der Waals surface area (Å²) in [6.07, 6.45) is 9.76. The third kappa shape index (κ3) is 7.90. The Balaban J connectivity index is 1.36. The van der Waals surface area contributed by atoms with E-state index in [1.165, 1.54) is 0 Å². The van der Waals surface area contributed by atoms with Gasteiger partial charge in [0.05, 0.1) is 23.8 Å². The molecule has 0 spiro atoms. The molecule has 2 atom stereocenters. The molecule has 0 bridgehead atoms. The summed E-state index contributed by atoms with van der Waals surface area (Å²) in [7, 11) is 0. The normalized spacial score (nSPS) is 20.2. The maximum atomic E-state index is 13.4. The molecule has 3 aliphatic rings. The van der Waals surface area contributed by atoms with Crippen LogP contribution in [0.15, 0.2) is 42.7 Å². The van der Waals surface area contributed by atoms with Crippen LogP contribution in [-0.2, 0) is 19.1 Å². The molecule has 2 unspecified atom stereocenters. The fraction of sp³-hybridized carbons (Fsp3) is 0.531. The molecule has 3 N–H and O–H groups in total. The number of anilines is 2. The van der Waals surface area contributed by atoms with Gasteiger partial charge in [-0.1, -0.05) is 25.3 Å². The number of amides is 3. The first-order valence-corrected chi connectivity index (χ1v) is 15.4. The molecular formula is C32H41N5O6. The number of benzene rings is 1. The number of carbonyl (C=O) groups excluding carboxylic acids is 3. The Morgan fingerprint density at radius 3 is 2.53 bits per heavy atom. The zero-order valence-electron chi connectivity index (χ0n) is 24.5. The van der Waals surface area contributed by atoms with Crippen molar-refractivity contribution in [1.29, 1.82) is 0 Å². The van der Waals surface area contributed by atoms with Crippen LogP contribution >= 0.6 is 0 Å². The second-order valence-electron chi connectivity index (χ2n) is 11.6. The van der Waals surface area contributed by atoms with Crippen molar-refractivity contribution in [3.05, 3.63) is 53.9 Å². The van der Waals surface area contributed by atoms with Crippen LogP contribution in [0.25, 0.3) is 0 Å². The minimum atomic E-state index is -1.04. The average Bonchev–Trinajstić information content (AvgIpc) is 3.46. The smallest absolute Gasteiger partial charge is 0.305 e. The van der Waals surface area contributed by atoms with Crippen molar-refractivity contribution >= 4 is 35.1 Å². The van der Waals surface area contributed by atoms with E-state index in [2.05, 4.69) is 20.5 Å². The highest BCUT2D eigenvalue weighted by Gasteiger charge is 2.30. The zero-order valence-corrected chi connectivity index (χ0v) is 24.5. The number of hydrogen-bond donors (Lipinski definition) is 3. The molecule has 230 valence electrons. The maximum Gasteiger partial charge on any atom is 0.305 e. The van der Waals surface area contributed by atoms with E-state index < -0.39 is 17.9 Å².